The Hall–Kier alpha value is -1.14. The van der Waals surface area contributed by atoms with Crippen molar-refractivity contribution in [3.63, 3.8) is 0 Å². The first kappa shape index (κ1) is 11.3. The third kappa shape index (κ3) is 2.93. The van der Waals surface area contributed by atoms with Crippen LogP contribution in [0.1, 0.15) is 0 Å². The van der Waals surface area contributed by atoms with Crippen molar-refractivity contribution in [2.45, 2.75) is 0 Å². The molecule has 6 heteroatoms. The highest BCUT2D eigenvalue weighted by molar-refractivity contribution is 9.10. The molecule has 0 bridgehead atoms. The fraction of sp³-hybridized carbons (Fsp3) is 0. The smallest absolute Gasteiger partial charge is 0.325 e. The van der Waals surface area contributed by atoms with Crippen molar-refractivity contribution in [1.82, 2.24) is 9.97 Å². The molecule has 2 aromatic rings. The highest BCUT2D eigenvalue weighted by Crippen LogP contribution is 2.23. The van der Waals surface area contributed by atoms with Crippen LogP contribution in [0.5, 0.6) is 11.8 Å². The van der Waals surface area contributed by atoms with E-state index >= 15 is 0 Å². The van der Waals surface area contributed by atoms with E-state index in [2.05, 4.69) is 41.8 Å². The van der Waals surface area contributed by atoms with Gasteiger partial charge in [0.25, 0.3) is 0 Å². The predicted octanol–water partition coefficient (Wildman–Crippen LogP) is 3.38. The summed E-state index contributed by atoms with van der Waals surface area (Å²) in [5.74, 6) is 0.999. The molecule has 0 aliphatic heterocycles. The first-order valence-electron chi connectivity index (χ1n) is 4.37. The zero-order valence-electron chi connectivity index (χ0n) is 8.02. The van der Waals surface area contributed by atoms with E-state index in [0.29, 0.717) is 16.2 Å². The van der Waals surface area contributed by atoms with Crippen LogP contribution in [-0.2, 0) is 0 Å². The van der Waals surface area contributed by atoms with Gasteiger partial charge in [0, 0.05) is 10.5 Å². The largest absolute Gasteiger partial charge is 0.424 e. The molecule has 0 unspecified atom stereocenters. The van der Waals surface area contributed by atoms with Crippen LogP contribution in [0.2, 0.25) is 0 Å². The second-order valence-electron chi connectivity index (χ2n) is 2.96. The van der Waals surface area contributed by atoms with Crippen LogP contribution < -0.4 is 10.5 Å². The third-order valence-electron chi connectivity index (χ3n) is 1.70. The molecule has 0 saturated heterocycles. The second kappa shape index (κ2) is 4.80. The third-order valence-corrected chi connectivity index (χ3v) is 2.60. The van der Waals surface area contributed by atoms with E-state index in [1.807, 2.05) is 24.3 Å². The first-order valence-corrected chi connectivity index (χ1v) is 5.95. The average Bonchev–Trinajstić information content (AvgIpc) is 2.15. The molecule has 0 aliphatic carbocycles. The Kier molecular flexibility index (Phi) is 3.40. The van der Waals surface area contributed by atoms with Crippen molar-refractivity contribution < 1.29 is 4.74 Å². The molecular weight excluding hydrogens is 338 g/mol. The van der Waals surface area contributed by atoms with Crippen LogP contribution in [0.4, 0.5) is 5.82 Å². The number of benzene rings is 1. The molecule has 1 aromatic heterocycles. The van der Waals surface area contributed by atoms with E-state index in [1.165, 1.54) is 0 Å². The molecular formula is C10H7Br2N3O. The van der Waals surface area contributed by atoms with Gasteiger partial charge in [-0.1, -0.05) is 22.0 Å². The molecule has 2 rings (SSSR count). The average molecular weight is 345 g/mol. The van der Waals surface area contributed by atoms with E-state index < -0.39 is 0 Å². The second-order valence-corrected chi connectivity index (χ2v) is 4.69. The van der Waals surface area contributed by atoms with E-state index in [-0.39, 0.29) is 6.01 Å². The molecule has 2 N–H and O–H groups in total. The molecule has 0 amide bonds. The fourth-order valence-corrected chi connectivity index (χ4v) is 1.86. The number of nitrogens with zero attached hydrogens (tertiary/aromatic N) is 2. The Morgan fingerprint density at radius 1 is 1.12 bits per heavy atom. The molecule has 0 atom stereocenters. The number of hydrogen-bond acceptors (Lipinski definition) is 4. The number of nitrogen functional groups attached to an aromatic ring is 1. The summed E-state index contributed by atoms with van der Waals surface area (Å²) in [4.78, 5) is 8.01. The lowest BCUT2D eigenvalue weighted by Crippen LogP contribution is -1.96. The minimum absolute atomic E-state index is 0.213. The predicted molar refractivity (Wildman–Crippen MR) is 68.4 cm³/mol. The molecule has 4 nitrogen and oxygen atoms in total. The van der Waals surface area contributed by atoms with E-state index in [0.717, 1.165) is 4.47 Å². The number of halogens is 2. The number of rotatable bonds is 2. The summed E-state index contributed by atoms with van der Waals surface area (Å²) in [6.07, 6.45) is 0. The Morgan fingerprint density at radius 2 is 1.94 bits per heavy atom. The maximum Gasteiger partial charge on any atom is 0.325 e. The minimum Gasteiger partial charge on any atom is -0.424 e. The topological polar surface area (TPSA) is 61.0 Å². The zero-order chi connectivity index (χ0) is 11.5. The van der Waals surface area contributed by atoms with Gasteiger partial charge in [-0.05, 0) is 34.1 Å². The zero-order valence-corrected chi connectivity index (χ0v) is 11.2. The number of anilines is 1. The summed E-state index contributed by atoms with van der Waals surface area (Å²) in [5, 5.41) is 0. The summed E-state index contributed by atoms with van der Waals surface area (Å²) >= 11 is 6.57. The molecule has 0 aliphatic rings. The Balaban J connectivity index is 2.27. The lowest BCUT2D eigenvalue weighted by molar-refractivity contribution is 0.441. The van der Waals surface area contributed by atoms with Gasteiger partial charge in [-0.3, -0.25) is 0 Å². The van der Waals surface area contributed by atoms with Crippen molar-refractivity contribution in [2.75, 3.05) is 5.73 Å². The number of ether oxygens (including phenoxy) is 1. The van der Waals surface area contributed by atoms with Gasteiger partial charge in [-0.15, -0.1) is 0 Å². The number of aromatic nitrogens is 2. The number of hydrogen-bond donors (Lipinski definition) is 1. The van der Waals surface area contributed by atoms with Crippen LogP contribution in [-0.4, -0.2) is 9.97 Å². The quantitative estimate of drug-likeness (QED) is 0.848. The van der Waals surface area contributed by atoms with E-state index in [1.54, 1.807) is 6.07 Å². The van der Waals surface area contributed by atoms with Gasteiger partial charge in [0.15, 0.2) is 0 Å². The van der Waals surface area contributed by atoms with Crippen LogP contribution in [0.25, 0.3) is 0 Å². The van der Waals surface area contributed by atoms with Gasteiger partial charge < -0.3 is 10.5 Å². The van der Waals surface area contributed by atoms with E-state index in [4.69, 9.17) is 10.5 Å². The van der Waals surface area contributed by atoms with Crippen molar-refractivity contribution >= 4 is 37.7 Å². The van der Waals surface area contributed by atoms with Crippen LogP contribution in [0, 0.1) is 0 Å². The van der Waals surface area contributed by atoms with Crippen molar-refractivity contribution in [3.05, 3.63) is 39.4 Å². The normalized spacial score (nSPS) is 10.1. The highest BCUT2D eigenvalue weighted by atomic mass is 79.9. The Labute approximate surface area is 109 Å². The lowest BCUT2D eigenvalue weighted by atomic mass is 10.3. The standard InChI is InChI=1S/C10H7Br2N3O/c11-6-2-1-3-7(4-6)16-10-14-8(12)5-9(13)15-10/h1-5H,(H2,13,14,15). The van der Waals surface area contributed by atoms with Crippen molar-refractivity contribution in [2.24, 2.45) is 0 Å². The van der Waals surface area contributed by atoms with Gasteiger partial charge in [0.1, 0.15) is 16.2 Å². The molecule has 0 fully saturated rings. The SMILES string of the molecule is Nc1cc(Br)nc(Oc2cccc(Br)c2)n1. The molecule has 0 radical (unpaired) electrons. The van der Waals surface area contributed by atoms with Crippen molar-refractivity contribution in [1.29, 1.82) is 0 Å². The number of nitrogens with two attached hydrogens (primary N) is 1. The minimum atomic E-state index is 0.213. The van der Waals surface area contributed by atoms with Gasteiger partial charge in [0.2, 0.25) is 0 Å². The summed E-state index contributed by atoms with van der Waals surface area (Å²) in [5.41, 5.74) is 5.57. The molecule has 0 spiro atoms. The summed E-state index contributed by atoms with van der Waals surface area (Å²) in [7, 11) is 0. The molecule has 16 heavy (non-hydrogen) atoms. The van der Waals surface area contributed by atoms with Crippen LogP contribution in [0.3, 0.4) is 0 Å². The molecule has 1 heterocycles. The molecule has 1 aromatic carbocycles. The summed E-state index contributed by atoms with van der Waals surface area (Å²) in [6.45, 7) is 0. The first-order chi connectivity index (χ1) is 7.63. The van der Waals surface area contributed by atoms with Crippen LogP contribution >= 0.6 is 31.9 Å². The van der Waals surface area contributed by atoms with Crippen molar-refractivity contribution in [3.8, 4) is 11.8 Å². The lowest BCUT2D eigenvalue weighted by Gasteiger charge is -2.04. The van der Waals surface area contributed by atoms with Gasteiger partial charge in [-0.2, -0.15) is 9.97 Å². The Bertz CT molecular complexity index is 499. The highest BCUT2D eigenvalue weighted by Gasteiger charge is 2.03. The maximum atomic E-state index is 5.57. The van der Waals surface area contributed by atoms with Gasteiger partial charge >= 0.3 is 6.01 Å². The van der Waals surface area contributed by atoms with Gasteiger partial charge in [-0.25, -0.2) is 0 Å². The monoisotopic (exact) mass is 343 g/mol. The van der Waals surface area contributed by atoms with E-state index in [9.17, 15) is 0 Å². The fourth-order valence-electron chi connectivity index (χ4n) is 1.09. The summed E-state index contributed by atoms with van der Waals surface area (Å²) < 4.78 is 6.97. The summed E-state index contributed by atoms with van der Waals surface area (Å²) in [6, 6.07) is 9.22. The molecule has 0 saturated carbocycles. The van der Waals surface area contributed by atoms with Crippen LogP contribution in [0.15, 0.2) is 39.4 Å². The maximum absolute atomic E-state index is 5.57. The molecule has 82 valence electrons. The van der Waals surface area contributed by atoms with Gasteiger partial charge in [0.05, 0.1) is 0 Å². The Morgan fingerprint density at radius 3 is 2.62 bits per heavy atom.